The zero-order valence-corrected chi connectivity index (χ0v) is 25.2. The number of carbonyl (C=O) groups is 4. The van der Waals surface area contributed by atoms with Crippen molar-refractivity contribution in [1.82, 2.24) is 4.90 Å². The average Bonchev–Trinajstić information content (AvgIpc) is 3.23. The Hall–Kier alpha value is -4.31. The summed E-state index contributed by atoms with van der Waals surface area (Å²) in [6.45, 7) is -0.476. The van der Waals surface area contributed by atoms with Crippen LogP contribution in [0, 0.1) is 11.7 Å². The summed E-state index contributed by atoms with van der Waals surface area (Å²) in [5.41, 5.74) is -7.27. The topological polar surface area (TPSA) is 112 Å². The Balaban J connectivity index is 1.85. The summed E-state index contributed by atoms with van der Waals surface area (Å²) < 4.78 is 117. The predicted molar refractivity (Wildman–Crippen MR) is 149 cm³/mol. The van der Waals surface area contributed by atoms with Crippen molar-refractivity contribution in [2.24, 2.45) is 10.9 Å². The van der Waals surface area contributed by atoms with Gasteiger partial charge < -0.3 is 14.2 Å². The molecule has 252 valence electrons. The second-order valence-electron chi connectivity index (χ2n) is 9.96. The Labute approximate surface area is 266 Å². The van der Waals surface area contributed by atoms with E-state index in [1.165, 1.54) is 38.1 Å². The van der Waals surface area contributed by atoms with Crippen molar-refractivity contribution in [3.63, 3.8) is 0 Å². The van der Waals surface area contributed by atoms with Crippen LogP contribution in [0.2, 0.25) is 5.02 Å². The molecule has 4 rings (SSSR count). The van der Waals surface area contributed by atoms with Crippen molar-refractivity contribution in [3.05, 3.63) is 80.8 Å². The summed E-state index contributed by atoms with van der Waals surface area (Å²) in [5.74, 6) is -11.8. The van der Waals surface area contributed by atoms with Gasteiger partial charge in [0, 0.05) is 11.5 Å². The molecule has 2 aliphatic rings. The van der Waals surface area contributed by atoms with Crippen LogP contribution in [-0.4, -0.2) is 73.5 Å². The Bertz CT molecular complexity index is 1640. The molecule has 2 heterocycles. The van der Waals surface area contributed by atoms with Gasteiger partial charge in [0.05, 0.1) is 66.0 Å². The van der Waals surface area contributed by atoms with Crippen LogP contribution < -0.4 is 0 Å². The minimum absolute atomic E-state index is 0.105. The van der Waals surface area contributed by atoms with E-state index in [9.17, 15) is 45.5 Å². The molecule has 0 saturated heterocycles. The third kappa shape index (κ3) is 7.02. The van der Waals surface area contributed by atoms with E-state index in [4.69, 9.17) is 25.8 Å². The van der Waals surface area contributed by atoms with E-state index >= 15 is 4.39 Å². The van der Waals surface area contributed by atoms with E-state index in [2.05, 4.69) is 4.99 Å². The summed E-state index contributed by atoms with van der Waals surface area (Å²) in [5, 5.41) is -1.13. The van der Waals surface area contributed by atoms with Crippen molar-refractivity contribution in [1.29, 1.82) is 0 Å². The fourth-order valence-electron chi connectivity index (χ4n) is 5.30. The highest BCUT2D eigenvalue weighted by Crippen LogP contribution is 2.50. The summed E-state index contributed by atoms with van der Waals surface area (Å²) in [6.07, 6.45) is -11.0. The molecule has 0 spiro atoms. The normalized spacial score (nSPS) is 18.3. The highest BCUT2D eigenvalue weighted by Gasteiger charge is 2.56. The minimum Gasteiger partial charge on any atom is -0.465 e. The van der Waals surface area contributed by atoms with Gasteiger partial charge in [-0.1, -0.05) is 23.7 Å². The SMILES string of the molecule is CCOC(=O)C1=C(COCCN2C(=O)c3ccccc3C2=O)N=C(C(F)(F)F)C(C(=O)OCC)C1c1c(F)ccc(Cl)c1C(F)(F)F. The van der Waals surface area contributed by atoms with Crippen molar-refractivity contribution in [2.45, 2.75) is 32.1 Å². The lowest BCUT2D eigenvalue weighted by Gasteiger charge is -2.35. The van der Waals surface area contributed by atoms with Crippen molar-refractivity contribution >= 4 is 41.1 Å². The van der Waals surface area contributed by atoms with Gasteiger partial charge in [0.25, 0.3) is 11.8 Å². The number of amides is 2. The monoisotopic (exact) mass is 692 g/mol. The number of aliphatic imine (C=N–C) groups is 1. The molecule has 2 atom stereocenters. The van der Waals surface area contributed by atoms with Gasteiger partial charge in [-0.3, -0.25) is 19.3 Å². The number of rotatable bonds is 10. The number of esters is 2. The molecular weight excluding hydrogens is 669 g/mol. The number of nitrogens with zero attached hydrogens (tertiary/aromatic N) is 2. The van der Waals surface area contributed by atoms with Crippen LogP contribution in [0.5, 0.6) is 0 Å². The number of benzene rings is 2. The molecule has 0 N–H and O–H groups in total. The molecule has 2 unspecified atom stereocenters. The highest BCUT2D eigenvalue weighted by atomic mass is 35.5. The number of hydrogen-bond donors (Lipinski definition) is 0. The van der Waals surface area contributed by atoms with Crippen LogP contribution >= 0.6 is 11.6 Å². The van der Waals surface area contributed by atoms with Gasteiger partial charge in [0.1, 0.15) is 17.4 Å². The van der Waals surface area contributed by atoms with Crippen LogP contribution in [0.15, 0.2) is 52.7 Å². The third-order valence-corrected chi connectivity index (χ3v) is 7.46. The van der Waals surface area contributed by atoms with Gasteiger partial charge in [-0.25, -0.2) is 14.2 Å². The number of ether oxygens (including phenoxy) is 3. The zero-order chi connectivity index (χ0) is 34.8. The molecule has 2 aliphatic heterocycles. The Morgan fingerprint density at radius 1 is 0.915 bits per heavy atom. The van der Waals surface area contributed by atoms with E-state index in [0.717, 1.165) is 4.90 Å². The van der Waals surface area contributed by atoms with Crippen LogP contribution in [0.25, 0.3) is 0 Å². The molecular formula is C30H24ClF7N2O7. The molecule has 2 amide bonds. The summed E-state index contributed by atoms with van der Waals surface area (Å²) >= 11 is 5.79. The van der Waals surface area contributed by atoms with Gasteiger partial charge >= 0.3 is 24.3 Å². The van der Waals surface area contributed by atoms with Crippen molar-refractivity contribution in [3.8, 4) is 0 Å². The Morgan fingerprint density at radius 3 is 2.04 bits per heavy atom. The van der Waals surface area contributed by atoms with Gasteiger partial charge in [0.15, 0.2) is 0 Å². The molecule has 0 aromatic heterocycles. The molecule has 2 aromatic carbocycles. The Kier molecular flexibility index (Phi) is 10.4. The van der Waals surface area contributed by atoms with E-state index in [1.54, 1.807) is 0 Å². The predicted octanol–water partition coefficient (Wildman–Crippen LogP) is 5.91. The van der Waals surface area contributed by atoms with Gasteiger partial charge in [-0.05, 0) is 38.1 Å². The third-order valence-electron chi connectivity index (χ3n) is 7.14. The molecule has 0 bridgehead atoms. The first-order valence-corrected chi connectivity index (χ1v) is 14.2. The lowest BCUT2D eigenvalue weighted by atomic mass is 9.73. The fourth-order valence-corrected chi connectivity index (χ4v) is 5.57. The number of fused-ring (bicyclic) bond motifs is 1. The molecule has 0 fully saturated rings. The van der Waals surface area contributed by atoms with Crippen LogP contribution in [0.1, 0.15) is 51.6 Å². The molecule has 9 nitrogen and oxygen atoms in total. The minimum atomic E-state index is -5.52. The largest absolute Gasteiger partial charge is 0.465 e. The lowest BCUT2D eigenvalue weighted by molar-refractivity contribution is -0.149. The molecule has 2 aromatic rings. The van der Waals surface area contributed by atoms with Gasteiger partial charge in [0.2, 0.25) is 0 Å². The average molecular weight is 693 g/mol. The fraction of sp³-hybridized carbons (Fsp3) is 0.367. The second kappa shape index (κ2) is 13.8. The first kappa shape index (κ1) is 35.5. The molecule has 17 heteroatoms. The second-order valence-corrected chi connectivity index (χ2v) is 10.4. The van der Waals surface area contributed by atoms with E-state index in [-0.39, 0.29) is 11.1 Å². The number of imide groups is 1. The van der Waals surface area contributed by atoms with Crippen molar-refractivity contribution in [2.75, 3.05) is 33.0 Å². The highest BCUT2D eigenvalue weighted by molar-refractivity contribution is 6.31. The standard InChI is InChI=1S/C30H24ClF7N2O7/c1-3-46-27(43)20-18(13-45-12-11-40-25(41)14-7-5-6-8-15(14)26(40)42)39-24(30(36,37)38)22(28(44)47-4-2)21(20)19-17(32)10-9-16(31)23(19)29(33,34)35/h5-10,21-22H,3-4,11-13H2,1-2H3. The molecule has 0 aliphatic carbocycles. The maximum atomic E-state index is 15.5. The summed E-state index contributed by atoms with van der Waals surface area (Å²) in [6, 6.07) is 6.83. The van der Waals surface area contributed by atoms with Crippen LogP contribution in [0.3, 0.4) is 0 Å². The van der Waals surface area contributed by atoms with Gasteiger partial charge in [-0.2, -0.15) is 26.3 Å². The first-order chi connectivity index (χ1) is 22.0. The number of halogens is 8. The summed E-state index contributed by atoms with van der Waals surface area (Å²) in [4.78, 5) is 55.9. The van der Waals surface area contributed by atoms with E-state index in [1.807, 2.05) is 0 Å². The maximum Gasteiger partial charge on any atom is 0.430 e. The molecule has 0 radical (unpaired) electrons. The van der Waals surface area contributed by atoms with Crippen molar-refractivity contribution < 1.29 is 64.1 Å². The van der Waals surface area contributed by atoms with Crippen LogP contribution in [-0.2, 0) is 30.0 Å². The van der Waals surface area contributed by atoms with E-state index in [0.29, 0.717) is 12.1 Å². The number of alkyl halides is 6. The number of carbonyl (C=O) groups excluding carboxylic acids is 4. The lowest BCUT2D eigenvalue weighted by Crippen LogP contribution is -2.45. The Morgan fingerprint density at radius 2 is 1.51 bits per heavy atom. The quantitative estimate of drug-likeness (QED) is 0.132. The maximum absolute atomic E-state index is 15.5. The molecule has 47 heavy (non-hydrogen) atoms. The van der Waals surface area contributed by atoms with E-state index < -0.39 is 120 Å². The van der Waals surface area contributed by atoms with Gasteiger partial charge in [-0.15, -0.1) is 0 Å². The number of hydrogen-bond acceptors (Lipinski definition) is 8. The molecule has 0 saturated carbocycles. The first-order valence-electron chi connectivity index (χ1n) is 13.8. The zero-order valence-electron chi connectivity index (χ0n) is 24.4. The van der Waals surface area contributed by atoms with Crippen LogP contribution in [0.4, 0.5) is 30.7 Å². The smallest absolute Gasteiger partial charge is 0.430 e. The summed E-state index contributed by atoms with van der Waals surface area (Å²) in [7, 11) is 0.